The summed E-state index contributed by atoms with van der Waals surface area (Å²) in [6.07, 6.45) is 16.3. The number of amides is 1. The van der Waals surface area contributed by atoms with Gasteiger partial charge in [-0.1, -0.05) is 91.5 Å². The van der Waals surface area contributed by atoms with Crippen LogP contribution in [0.3, 0.4) is 0 Å². The van der Waals surface area contributed by atoms with Gasteiger partial charge in [0.15, 0.2) is 0 Å². The molecule has 0 radical (unpaired) electrons. The molecule has 4 saturated carbocycles. The molecule has 3 N–H and O–H groups in total. The number of hydrogen-bond donors (Lipinski definition) is 2. The molecular formula is C45H68N2O4. The molecule has 0 bridgehead atoms. The number of fused-ring (bicyclic) bond motifs is 7. The van der Waals surface area contributed by atoms with Gasteiger partial charge < -0.3 is 15.8 Å². The van der Waals surface area contributed by atoms with Crippen LogP contribution >= 0.6 is 0 Å². The third kappa shape index (κ3) is 6.38. The number of allylic oxidation sites excluding steroid dienone is 4. The van der Waals surface area contributed by atoms with E-state index in [-0.39, 0.29) is 45.9 Å². The van der Waals surface area contributed by atoms with Crippen molar-refractivity contribution < 1.29 is 19.1 Å². The predicted molar refractivity (Wildman–Crippen MR) is 207 cm³/mol. The summed E-state index contributed by atoms with van der Waals surface area (Å²) in [5, 5.41) is 3.07. The third-order valence-electron chi connectivity index (χ3n) is 15.3. The molecule has 0 aromatic rings. The molecule has 1 amide bonds. The molecule has 0 aromatic heterocycles. The molecule has 6 heteroatoms. The lowest BCUT2D eigenvalue weighted by Crippen LogP contribution is -2.69. The number of rotatable bonds is 11. The molecule has 282 valence electrons. The van der Waals surface area contributed by atoms with Gasteiger partial charge in [0.2, 0.25) is 5.78 Å². The molecule has 0 saturated heterocycles. The van der Waals surface area contributed by atoms with Crippen molar-refractivity contribution in [3.63, 3.8) is 0 Å². The Bertz CT molecular complexity index is 1530. The highest BCUT2D eigenvalue weighted by Gasteiger charge is 2.69. The maximum atomic E-state index is 14.7. The van der Waals surface area contributed by atoms with Gasteiger partial charge in [-0.2, -0.15) is 0 Å². The van der Waals surface area contributed by atoms with E-state index in [0.717, 1.165) is 62.5 Å². The number of hydrogen-bond acceptors (Lipinski definition) is 5. The molecule has 5 rings (SSSR count). The van der Waals surface area contributed by atoms with Crippen LogP contribution in [0.25, 0.3) is 0 Å². The van der Waals surface area contributed by atoms with Crippen LogP contribution in [0.4, 0.5) is 0 Å². The summed E-state index contributed by atoms with van der Waals surface area (Å²) >= 11 is 0. The number of carbonyl (C=O) groups is 3. The zero-order valence-electron chi connectivity index (χ0n) is 33.4. The lowest BCUT2D eigenvalue weighted by Gasteiger charge is -2.69. The van der Waals surface area contributed by atoms with Crippen molar-refractivity contribution in [2.45, 2.75) is 150 Å². The van der Waals surface area contributed by atoms with Gasteiger partial charge in [0.05, 0.1) is 17.4 Å². The molecule has 0 spiro atoms. The minimum Gasteiger partial charge on any atom is -0.462 e. The van der Waals surface area contributed by atoms with Crippen molar-refractivity contribution in [3.05, 3.63) is 60.8 Å². The molecule has 0 aliphatic heterocycles. The van der Waals surface area contributed by atoms with Crippen LogP contribution in [-0.4, -0.2) is 34.8 Å². The van der Waals surface area contributed by atoms with Crippen molar-refractivity contribution in [3.8, 4) is 0 Å². The summed E-state index contributed by atoms with van der Waals surface area (Å²) in [4.78, 5) is 41.7. The van der Waals surface area contributed by atoms with Crippen LogP contribution in [0.5, 0.6) is 0 Å². The standard InChI is InChI=1S/C45H68N2O4/c1-13-16-30(14-2)41(9,10)47-39(50)38(49)44-24-17-31(28(4)5)37(44)45(46)26-21-34-42(11)23-19-33(51-36(48)27-40(7,8)15-3)29(6)32(42)18-22-43(34,12)35(45)20-25-44/h13-16,28-29,32-35H,1-3,17-27,46H2,4-12H3,(H,47,50)/b30-16+. The Morgan fingerprint density at radius 2 is 1.59 bits per heavy atom. The number of nitrogens with two attached hydrogens (primary N) is 1. The molecule has 0 aromatic carbocycles. The van der Waals surface area contributed by atoms with E-state index in [9.17, 15) is 14.4 Å². The predicted octanol–water partition coefficient (Wildman–Crippen LogP) is 9.37. The number of esters is 1. The molecule has 0 heterocycles. The second-order valence-corrected chi connectivity index (χ2v) is 19.3. The number of ether oxygens (including phenoxy) is 1. The van der Waals surface area contributed by atoms with Gasteiger partial charge in [-0.05, 0) is 135 Å². The van der Waals surface area contributed by atoms with E-state index in [4.69, 9.17) is 10.5 Å². The van der Waals surface area contributed by atoms with Crippen LogP contribution < -0.4 is 11.1 Å². The molecule has 6 nitrogen and oxygen atoms in total. The second-order valence-electron chi connectivity index (χ2n) is 19.3. The normalized spacial score (nSPS) is 38.1. The summed E-state index contributed by atoms with van der Waals surface area (Å²) in [7, 11) is 0. The highest BCUT2D eigenvalue weighted by atomic mass is 16.5. The van der Waals surface area contributed by atoms with E-state index in [0.29, 0.717) is 37.0 Å². The molecule has 9 atom stereocenters. The largest absolute Gasteiger partial charge is 0.462 e. The maximum absolute atomic E-state index is 14.7. The van der Waals surface area contributed by atoms with Gasteiger partial charge in [0.25, 0.3) is 5.91 Å². The first-order chi connectivity index (χ1) is 23.7. The highest BCUT2D eigenvalue weighted by molar-refractivity contribution is 6.39. The summed E-state index contributed by atoms with van der Waals surface area (Å²) in [6.45, 7) is 31.3. The van der Waals surface area contributed by atoms with Crippen LogP contribution in [0.15, 0.2) is 60.8 Å². The Morgan fingerprint density at radius 1 is 0.941 bits per heavy atom. The molecule has 5 aliphatic rings. The van der Waals surface area contributed by atoms with Crippen molar-refractivity contribution in [2.24, 2.45) is 57.0 Å². The molecule has 4 fully saturated rings. The lowest BCUT2D eigenvalue weighted by molar-refractivity contribution is -0.193. The Morgan fingerprint density at radius 3 is 2.20 bits per heavy atom. The first-order valence-electron chi connectivity index (χ1n) is 19.9. The van der Waals surface area contributed by atoms with Crippen molar-refractivity contribution >= 4 is 17.7 Å². The second kappa shape index (κ2) is 13.6. The van der Waals surface area contributed by atoms with E-state index >= 15 is 0 Å². The number of carbonyl (C=O) groups excluding carboxylic acids is 3. The van der Waals surface area contributed by atoms with Crippen molar-refractivity contribution in [1.29, 1.82) is 0 Å². The molecular weight excluding hydrogens is 633 g/mol. The SMILES string of the molecule is C=C/C=C(\C=C)C(C)(C)NC(=O)C(=O)C12CCC(C(C)C)=C1C1(N)CCC3C4(C)CCC(OC(=O)CC(C)(C)C=C)C(C)C4CCC3(C)C1CC2. The zero-order valence-corrected chi connectivity index (χ0v) is 33.4. The Balaban J connectivity index is 1.43. The zero-order chi connectivity index (χ0) is 37.9. The van der Waals surface area contributed by atoms with Gasteiger partial charge in [-0.15, -0.1) is 6.58 Å². The summed E-state index contributed by atoms with van der Waals surface area (Å²) < 4.78 is 6.20. The van der Waals surface area contributed by atoms with E-state index in [1.807, 2.05) is 39.8 Å². The summed E-state index contributed by atoms with van der Waals surface area (Å²) in [5.74, 6) is 0.773. The van der Waals surface area contributed by atoms with Gasteiger partial charge in [0, 0.05) is 5.54 Å². The molecule has 5 aliphatic carbocycles. The average Bonchev–Trinajstić information content (AvgIpc) is 3.46. The van der Waals surface area contributed by atoms with Crippen LogP contribution in [0.1, 0.15) is 133 Å². The summed E-state index contributed by atoms with van der Waals surface area (Å²) in [6, 6.07) is 0. The quantitative estimate of drug-likeness (QED) is 0.0969. The average molecular weight is 701 g/mol. The van der Waals surface area contributed by atoms with Crippen LogP contribution in [-0.2, 0) is 19.1 Å². The maximum Gasteiger partial charge on any atom is 0.306 e. The molecule has 51 heavy (non-hydrogen) atoms. The molecule has 9 unspecified atom stereocenters. The van der Waals surface area contributed by atoms with Gasteiger partial charge in [-0.25, -0.2) is 0 Å². The first kappa shape index (κ1) is 39.5. The smallest absolute Gasteiger partial charge is 0.306 e. The van der Waals surface area contributed by atoms with E-state index < -0.39 is 22.4 Å². The van der Waals surface area contributed by atoms with Gasteiger partial charge in [-0.3, -0.25) is 14.4 Å². The minimum absolute atomic E-state index is 0.0148. The summed E-state index contributed by atoms with van der Waals surface area (Å²) in [5.41, 5.74) is 8.68. The number of ketones is 1. The van der Waals surface area contributed by atoms with Crippen LogP contribution in [0.2, 0.25) is 0 Å². The fraction of sp³-hybridized carbons (Fsp3) is 0.711. The topological polar surface area (TPSA) is 98.5 Å². The Kier molecular flexibility index (Phi) is 10.5. The van der Waals surface area contributed by atoms with Gasteiger partial charge in [0.1, 0.15) is 6.10 Å². The van der Waals surface area contributed by atoms with Crippen molar-refractivity contribution in [1.82, 2.24) is 5.32 Å². The van der Waals surface area contributed by atoms with Crippen LogP contribution in [0, 0.1) is 51.2 Å². The number of Topliss-reactive ketones (excluding diaryl/α,β-unsaturated/α-hetero) is 1. The fourth-order valence-corrected chi connectivity index (χ4v) is 12.6. The van der Waals surface area contributed by atoms with Crippen molar-refractivity contribution in [2.75, 3.05) is 0 Å². The number of nitrogens with one attached hydrogen (secondary N) is 1. The minimum atomic E-state index is -0.859. The lowest BCUT2D eigenvalue weighted by atomic mass is 9.36. The van der Waals surface area contributed by atoms with E-state index in [2.05, 4.69) is 59.7 Å². The van der Waals surface area contributed by atoms with E-state index in [1.165, 1.54) is 5.57 Å². The Labute approximate surface area is 309 Å². The fourth-order valence-electron chi connectivity index (χ4n) is 12.6. The first-order valence-corrected chi connectivity index (χ1v) is 19.9. The Hall–Kier alpha value is -2.73. The third-order valence-corrected chi connectivity index (χ3v) is 15.3. The van der Waals surface area contributed by atoms with Gasteiger partial charge >= 0.3 is 5.97 Å². The van der Waals surface area contributed by atoms with E-state index in [1.54, 1.807) is 12.2 Å². The highest BCUT2D eigenvalue weighted by Crippen LogP contribution is 2.72. The monoisotopic (exact) mass is 701 g/mol.